The van der Waals surface area contributed by atoms with E-state index in [1.807, 2.05) is 36.5 Å². The van der Waals surface area contributed by atoms with E-state index in [0.29, 0.717) is 13.0 Å². The lowest BCUT2D eigenvalue weighted by Gasteiger charge is -2.14. The maximum atomic E-state index is 12.3. The van der Waals surface area contributed by atoms with E-state index in [0.717, 1.165) is 29.5 Å². The van der Waals surface area contributed by atoms with Crippen molar-refractivity contribution in [2.24, 2.45) is 0 Å². The quantitative estimate of drug-likeness (QED) is 0.662. The SMILES string of the molecule is COc1cccc2ccn(CCC(=O)NC(C)CCc3ccccc3)c12. The molecule has 0 fully saturated rings. The van der Waals surface area contributed by atoms with Crippen LogP contribution in [0.4, 0.5) is 0 Å². The molecule has 0 aliphatic rings. The fourth-order valence-corrected chi connectivity index (χ4v) is 3.25. The summed E-state index contributed by atoms with van der Waals surface area (Å²) in [5, 5.41) is 4.23. The van der Waals surface area contributed by atoms with E-state index in [1.54, 1.807) is 7.11 Å². The highest BCUT2D eigenvalue weighted by Crippen LogP contribution is 2.26. The van der Waals surface area contributed by atoms with Crippen LogP contribution in [0.3, 0.4) is 0 Å². The first-order valence-electron chi connectivity index (χ1n) is 9.12. The Bertz CT molecular complexity index is 855. The van der Waals surface area contributed by atoms with Crippen LogP contribution in [0, 0.1) is 0 Å². The average molecular weight is 350 g/mol. The van der Waals surface area contributed by atoms with Crippen molar-refractivity contribution in [2.75, 3.05) is 7.11 Å². The number of rotatable bonds is 8. The maximum absolute atomic E-state index is 12.3. The minimum atomic E-state index is 0.0855. The Morgan fingerprint density at radius 3 is 2.69 bits per heavy atom. The molecule has 4 heteroatoms. The normalized spacial score (nSPS) is 12.1. The van der Waals surface area contributed by atoms with Gasteiger partial charge in [-0.25, -0.2) is 0 Å². The molecule has 1 atom stereocenters. The minimum absolute atomic E-state index is 0.0855. The van der Waals surface area contributed by atoms with Crippen molar-refractivity contribution in [3.8, 4) is 5.75 Å². The van der Waals surface area contributed by atoms with Crippen LogP contribution in [0.1, 0.15) is 25.3 Å². The third-order valence-corrected chi connectivity index (χ3v) is 4.67. The summed E-state index contributed by atoms with van der Waals surface area (Å²) in [5.41, 5.74) is 2.35. The molecule has 1 N–H and O–H groups in total. The summed E-state index contributed by atoms with van der Waals surface area (Å²) in [6.45, 7) is 2.70. The molecule has 0 radical (unpaired) electrons. The van der Waals surface area contributed by atoms with Crippen molar-refractivity contribution in [2.45, 2.75) is 38.8 Å². The number of aromatic nitrogens is 1. The third-order valence-electron chi connectivity index (χ3n) is 4.67. The first-order chi connectivity index (χ1) is 12.7. The molecule has 0 saturated carbocycles. The molecular formula is C22H26N2O2. The van der Waals surface area contributed by atoms with Gasteiger partial charge in [-0.1, -0.05) is 42.5 Å². The number of ether oxygens (including phenoxy) is 1. The van der Waals surface area contributed by atoms with E-state index in [-0.39, 0.29) is 11.9 Å². The van der Waals surface area contributed by atoms with Crippen LogP contribution in [0.2, 0.25) is 0 Å². The number of hydrogen-bond acceptors (Lipinski definition) is 2. The first-order valence-corrected chi connectivity index (χ1v) is 9.12. The molecule has 1 aromatic heterocycles. The molecule has 1 heterocycles. The fourth-order valence-electron chi connectivity index (χ4n) is 3.25. The van der Waals surface area contributed by atoms with Gasteiger partial charge in [0.25, 0.3) is 0 Å². The lowest BCUT2D eigenvalue weighted by molar-refractivity contribution is -0.121. The van der Waals surface area contributed by atoms with Gasteiger partial charge in [0.05, 0.1) is 12.6 Å². The standard InChI is InChI=1S/C22H26N2O2/c1-17(11-12-18-7-4-3-5-8-18)23-21(25)14-16-24-15-13-19-9-6-10-20(26-2)22(19)24/h3-10,13,15,17H,11-12,14,16H2,1-2H3,(H,23,25). The van der Waals surface area contributed by atoms with E-state index >= 15 is 0 Å². The summed E-state index contributed by atoms with van der Waals surface area (Å²) in [4.78, 5) is 12.3. The monoisotopic (exact) mass is 350 g/mol. The number of carbonyl (C=O) groups excluding carboxylic acids is 1. The molecule has 136 valence electrons. The molecule has 1 amide bonds. The van der Waals surface area contributed by atoms with Crippen molar-refractivity contribution < 1.29 is 9.53 Å². The number of para-hydroxylation sites is 1. The Hall–Kier alpha value is -2.75. The molecular weight excluding hydrogens is 324 g/mol. The minimum Gasteiger partial charge on any atom is -0.495 e. The van der Waals surface area contributed by atoms with Crippen molar-refractivity contribution >= 4 is 16.8 Å². The lowest BCUT2D eigenvalue weighted by Crippen LogP contribution is -2.33. The van der Waals surface area contributed by atoms with Crippen molar-refractivity contribution in [1.29, 1.82) is 0 Å². The molecule has 3 rings (SSSR count). The number of nitrogens with zero attached hydrogens (tertiary/aromatic N) is 1. The summed E-state index contributed by atoms with van der Waals surface area (Å²) in [6, 6.07) is 18.6. The third kappa shape index (κ3) is 4.45. The van der Waals surface area contributed by atoms with E-state index < -0.39 is 0 Å². The topological polar surface area (TPSA) is 43.3 Å². The highest BCUT2D eigenvalue weighted by atomic mass is 16.5. The fraction of sp³-hybridized carbons (Fsp3) is 0.318. The highest BCUT2D eigenvalue weighted by Gasteiger charge is 2.11. The van der Waals surface area contributed by atoms with Gasteiger partial charge in [0, 0.05) is 30.6 Å². The maximum Gasteiger partial charge on any atom is 0.221 e. The second kappa shape index (κ2) is 8.56. The van der Waals surface area contributed by atoms with Crippen LogP contribution in [0.15, 0.2) is 60.8 Å². The van der Waals surface area contributed by atoms with E-state index in [9.17, 15) is 4.79 Å². The number of hydrogen-bond donors (Lipinski definition) is 1. The Balaban J connectivity index is 1.51. The van der Waals surface area contributed by atoms with Gasteiger partial charge in [0.1, 0.15) is 5.75 Å². The Morgan fingerprint density at radius 2 is 1.92 bits per heavy atom. The smallest absolute Gasteiger partial charge is 0.221 e. The molecule has 0 saturated heterocycles. The molecule has 4 nitrogen and oxygen atoms in total. The van der Waals surface area contributed by atoms with Crippen LogP contribution in [0.5, 0.6) is 5.75 Å². The summed E-state index contributed by atoms with van der Waals surface area (Å²) in [6.07, 6.45) is 4.38. The van der Waals surface area contributed by atoms with Crippen molar-refractivity contribution in [1.82, 2.24) is 9.88 Å². The van der Waals surface area contributed by atoms with Gasteiger partial charge in [-0.3, -0.25) is 4.79 Å². The van der Waals surface area contributed by atoms with Crippen LogP contribution < -0.4 is 10.1 Å². The zero-order valence-electron chi connectivity index (χ0n) is 15.4. The largest absolute Gasteiger partial charge is 0.495 e. The number of methoxy groups -OCH3 is 1. The Morgan fingerprint density at radius 1 is 1.12 bits per heavy atom. The zero-order valence-corrected chi connectivity index (χ0v) is 15.4. The second-order valence-corrected chi connectivity index (χ2v) is 6.65. The number of benzene rings is 2. The van der Waals surface area contributed by atoms with E-state index in [2.05, 4.69) is 41.1 Å². The van der Waals surface area contributed by atoms with Gasteiger partial charge in [0.15, 0.2) is 0 Å². The van der Waals surface area contributed by atoms with Gasteiger partial charge in [-0.05, 0) is 37.5 Å². The van der Waals surface area contributed by atoms with Gasteiger partial charge in [-0.15, -0.1) is 0 Å². The van der Waals surface area contributed by atoms with Gasteiger partial charge in [-0.2, -0.15) is 0 Å². The molecule has 26 heavy (non-hydrogen) atoms. The number of nitrogens with one attached hydrogen (secondary N) is 1. The Kier molecular flexibility index (Phi) is 5.95. The highest BCUT2D eigenvalue weighted by molar-refractivity contribution is 5.86. The predicted octanol–water partition coefficient (Wildman–Crippen LogP) is 4.18. The average Bonchev–Trinajstić information content (AvgIpc) is 3.09. The van der Waals surface area contributed by atoms with Crippen molar-refractivity contribution in [3.63, 3.8) is 0 Å². The van der Waals surface area contributed by atoms with E-state index in [1.165, 1.54) is 5.56 Å². The van der Waals surface area contributed by atoms with Crippen molar-refractivity contribution in [3.05, 3.63) is 66.4 Å². The van der Waals surface area contributed by atoms with Gasteiger partial charge >= 0.3 is 0 Å². The molecule has 0 aliphatic heterocycles. The van der Waals surface area contributed by atoms with Gasteiger partial charge < -0.3 is 14.6 Å². The second-order valence-electron chi connectivity index (χ2n) is 6.65. The van der Waals surface area contributed by atoms with Crippen LogP contribution >= 0.6 is 0 Å². The van der Waals surface area contributed by atoms with E-state index in [4.69, 9.17) is 4.74 Å². The van der Waals surface area contributed by atoms with Crippen LogP contribution in [-0.2, 0) is 17.8 Å². The number of amides is 1. The zero-order chi connectivity index (χ0) is 18.4. The number of aryl methyl sites for hydroxylation is 2. The summed E-state index contributed by atoms with van der Waals surface area (Å²) >= 11 is 0. The predicted molar refractivity (Wildman–Crippen MR) is 105 cm³/mol. The molecule has 0 aliphatic carbocycles. The number of carbonyl (C=O) groups is 1. The molecule has 0 bridgehead atoms. The van der Waals surface area contributed by atoms with Gasteiger partial charge in [0.2, 0.25) is 5.91 Å². The number of fused-ring (bicyclic) bond motifs is 1. The summed E-state index contributed by atoms with van der Waals surface area (Å²) < 4.78 is 7.54. The summed E-state index contributed by atoms with van der Waals surface area (Å²) in [5.74, 6) is 0.923. The molecule has 3 aromatic rings. The van der Waals surface area contributed by atoms with Crippen LogP contribution in [0.25, 0.3) is 10.9 Å². The molecule has 1 unspecified atom stereocenters. The first kappa shape index (κ1) is 18.1. The summed E-state index contributed by atoms with van der Waals surface area (Å²) in [7, 11) is 1.67. The molecule has 2 aromatic carbocycles. The molecule has 0 spiro atoms. The lowest BCUT2D eigenvalue weighted by atomic mass is 10.1. The van der Waals surface area contributed by atoms with Crippen LogP contribution in [-0.4, -0.2) is 23.6 Å². The Labute approximate surface area is 154 Å².